The molecule has 0 radical (unpaired) electrons. The molecule has 5 heteroatoms. The Kier molecular flexibility index (Phi) is 4.37. The average molecular weight is 387 g/mol. The van der Waals surface area contributed by atoms with Crippen molar-refractivity contribution in [3.63, 3.8) is 0 Å². The van der Waals surface area contributed by atoms with Crippen LogP contribution in [-0.2, 0) is 6.54 Å². The minimum atomic E-state index is 0.0546. The predicted molar refractivity (Wildman–Crippen MR) is 83.7 cm³/mol. The zero-order valence-electron chi connectivity index (χ0n) is 10.2. The minimum absolute atomic E-state index is 0.0546. The van der Waals surface area contributed by atoms with Crippen molar-refractivity contribution in [3.05, 3.63) is 50.4 Å². The highest BCUT2D eigenvalue weighted by molar-refractivity contribution is 9.11. The van der Waals surface area contributed by atoms with Gasteiger partial charge in [-0.1, -0.05) is 0 Å². The van der Waals surface area contributed by atoms with Crippen molar-refractivity contribution in [2.75, 3.05) is 5.32 Å². The first-order valence-corrected chi connectivity index (χ1v) is 7.26. The van der Waals surface area contributed by atoms with Crippen LogP contribution >= 0.6 is 31.9 Å². The van der Waals surface area contributed by atoms with Gasteiger partial charge in [-0.2, -0.15) is 0 Å². The van der Waals surface area contributed by atoms with Crippen LogP contribution in [0.15, 0.2) is 39.3 Å². The predicted octanol–water partition coefficient (Wildman–Crippen LogP) is 4.54. The van der Waals surface area contributed by atoms with Crippen molar-refractivity contribution in [3.8, 4) is 11.5 Å². The molecule has 0 heterocycles. The molecule has 0 bridgehead atoms. The van der Waals surface area contributed by atoms with Gasteiger partial charge in [-0.15, -0.1) is 0 Å². The summed E-state index contributed by atoms with van der Waals surface area (Å²) in [5, 5.41) is 22.2. The molecule has 0 fully saturated rings. The fourth-order valence-electron chi connectivity index (χ4n) is 1.75. The smallest absolute Gasteiger partial charge is 0.124 e. The van der Waals surface area contributed by atoms with Gasteiger partial charge in [0.05, 0.1) is 5.69 Å². The average Bonchev–Trinajstić information content (AvgIpc) is 2.30. The second-order valence-corrected chi connectivity index (χ2v) is 5.98. The Hall–Kier alpha value is -1.20. The molecule has 0 amide bonds. The molecule has 0 saturated carbocycles. The molecule has 100 valence electrons. The van der Waals surface area contributed by atoms with Gasteiger partial charge >= 0.3 is 0 Å². The van der Waals surface area contributed by atoms with Crippen LogP contribution in [0.25, 0.3) is 0 Å². The number of aromatic hydroxyl groups is 2. The van der Waals surface area contributed by atoms with Crippen LogP contribution in [0.2, 0.25) is 0 Å². The lowest BCUT2D eigenvalue weighted by molar-refractivity contribution is 0.446. The number of hydrogen-bond acceptors (Lipinski definition) is 3. The summed E-state index contributed by atoms with van der Waals surface area (Å²) in [6.45, 7) is 2.48. The Balaban J connectivity index is 2.19. The lowest BCUT2D eigenvalue weighted by Crippen LogP contribution is -2.01. The number of aryl methyl sites for hydroxylation is 1. The van der Waals surface area contributed by atoms with Gasteiger partial charge in [0.2, 0.25) is 0 Å². The number of rotatable bonds is 3. The van der Waals surface area contributed by atoms with Gasteiger partial charge in [0.15, 0.2) is 0 Å². The third-order valence-electron chi connectivity index (χ3n) is 2.71. The highest BCUT2D eigenvalue weighted by atomic mass is 79.9. The quantitative estimate of drug-likeness (QED) is 0.725. The molecule has 0 aliphatic heterocycles. The highest BCUT2D eigenvalue weighted by Gasteiger charge is 2.08. The number of hydrogen-bond donors (Lipinski definition) is 3. The number of halogens is 2. The second-order valence-electron chi connectivity index (χ2n) is 4.27. The zero-order valence-corrected chi connectivity index (χ0v) is 13.4. The van der Waals surface area contributed by atoms with Crippen molar-refractivity contribution < 1.29 is 10.2 Å². The van der Waals surface area contributed by atoms with Crippen LogP contribution < -0.4 is 5.32 Å². The lowest BCUT2D eigenvalue weighted by atomic mass is 10.1. The number of phenolic OH excluding ortho intramolecular Hbond substituents is 2. The first-order chi connectivity index (χ1) is 8.97. The van der Waals surface area contributed by atoms with E-state index in [4.69, 9.17) is 0 Å². The number of nitrogens with one attached hydrogen (secondary N) is 1. The largest absolute Gasteiger partial charge is 0.508 e. The molecule has 3 nitrogen and oxygen atoms in total. The van der Waals surface area contributed by atoms with Gasteiger partial charge in [-0.05, 0) is 68.6 Å². The molecule has 19 heavy (non-hydrogen) atoms. The Bertz CT molecular complexity index is 591. The Morgan fingerprint density at radius 3 is 2.26 bits per heavy atom. The van der Waals surface area contributed by atoms with E-state index in [1.165, 1.54) is 6.07 Å². The summed E-state index contributed by atoms with van der Waals surface area (Å²) in [4.78, 5) is 0. The monoisotopic (exact) mass is 385 g/mol. The maximum atomic E-state index is 9.73. The Morgan fingerprint density at radius 2 is 1.68 bits per heavy atom. The fourth-order valence-corrected chi connectivity index (χ4v) is 3.45. The number of phenols is 2. The Morgan fingerprint density at radius 1 is 1.05 bits per heavy atom. The fraction of sp³-hybridized carbons (Fsp3) is 0.143. The number of benzene rings is 2. The molecule has 2 aromatic carbocycles. The standard InChI is InChI=1S/C14H13Br2NO2/c1-8-4-11(15)14(12(16)5-8)17-7-9-2-3-10(18)6-13(9)19/h2-6,17-19H,7H2,1H3. The van der Waals surface area contributed by atoms with E-state index in [2.05, 4.69) is 37.2 Å². The molecule has 2 rings (SSSR count). The molecule has 0 spiro atoms. The molecule has 0 saturated heterocycles. The molecule has 0 aromatic heterocycles. The first kappa shape index (κ1) is 14.2. The van der Waals surface area contributed by atoms with E-state index in [0.29, 0.717) is 6.54 Å². The molecule has 0 aliphatic rings. The Labute approximate surface area is 128 Å². The van der Waals surface area contributed by atoms with Crippen LogP contribution in [0, 0.1) is 6.92 Å². The second kappa shape index (κ2) is 5.84. The van der Waals surface area contributed by atoms with Crippen molar-refractivity contribution in [2.45, 2.75) is 13.5 Å². The third kappa shape index (κ3) is 3.42. The number of anilines is 1. The van der Waals surface area contributed by atoms with Crippen LogP contribution in [0.1, 0.15) is 11.1 Å². The van der Waals surface area contributed by atoms with Crippen molar-refractivity contribution >= 4 is 37.5 Å². The third-order valence-corrected chi connectivity index (χ3v) is 3.96. The molecule has 0 atom stereocenters. The van der Waals surface area contributed by atoms with E-state index < -0.39 is 0 Å². The maximum absolute atomic E-state index is 9.73. The van der Waals surface area contributed by atoms with Crippen molar-refractivity contribution in [1.82, 2.24) is 0 Å². The molecular formula is C14H13Br2NO2. The summed E-state index contributed by atoms with van der Waals surface area (Å²) < 4.78 is 1.91. The van der Waals surface area contributed by atoms with Gasteiger partial charge in [0.25, 0.3) is 0 Å². The van der Waals surface area contributed by atoms with E-state index in [-0.39, 0.29) is 11.5 Å². The minimum Gasteiger partial charge on any atom is -0.508 e. The van der Waals surface area contributed by atoms with E-state index in [1.807, 2.05) is 19.1 Å². The summed E-state index contributed by atoms with van der Waals surface area (Å²) in [5.74, 6) is 0.130. The summed E-state index contributed by atoms with van der Waals surface area (Å²) in [7, 11) is 0. The van der Waals surface area contributed by atoms with E-state index >= 15 is 0 Å². The van der Waals surface area contributed by atoms with E-state index in [1.54, 1.807) is 12.1 Å². The summed E-state index contributed by atoms with van der Waals surface area (Å²) >= 11 is 7.01. The van der Waals surface area contributed by atoms with Crippen LogP contribution in [-0.4, -0.2) is 10.2 Å². The van der Waals surface area contributed by atoms with Crippen molar-refractivity contribution in [1.29, 1.82) is 0 Å². The van der Waals surface area contributed by atoms with Crippen LogP contribution in [0.4, 0.5) is 5.69 Å². The molecule has 0 unspecified atom stereocenters. The van der Waals surface area contributed by atoms with Crippen molar-refractivity contribution in [2.24, 2.45) is 0 Å². The molecule has 2 aromatic rings. The topological polar surface area (TPSA) is 52.5 Å². The van der Waals surface area contributed by atoms with Gasteiger partial charge < -0.3 is 15.5 Å². The van der Waals surface area contributed by atoms with E-state index in [9.17, 15) is 10.2 Å². The zero-order chi connectivity index (χ0) is 14.0. The molecule has 3 N–H and O–H groups in total. The summed E-state index contributed by atoms with van der Waals surface area (Å²) in [5.41, 5.74) is 2.80. The summed E-state index contributed by atoms with van der Waals surface area (Å²) in [6.07, 6.45) is 0. The van der Waals surface area contributed by atoms with E-state index in [0.717, 1.165) is 25.8 Å². The molecule has 0 aliphatic carbocycles. The first-order valence-electron chi connectivity index (χ1n) is 5.68. The lowest BCUT2D eigenvalue weighted by Gasteiger charge is -2.13. The van der Waals surface area contributed by atoms with Crippen LogP contribution in [0.5, 0.6) is 11.5 Å². The maximum Gasteiger partial charge on any atom is 0.124 e. The normalized spacial score (nSPS) is 10.5. The SMILES string of the molecule is Cc1cc(Br)c(NCc2ccc(O)cc2O)c(Br)c1. The molecular weight excluding hydrogens is 374 g/mol. The van der Waals surface area contributed by atoms with Gasteiger partial charge in [0, 0.05) is 27.1 Å². The van der Waals surface area contributed by atoms with Crippen LogP contribution in [0.3, 0.4) is 0 Å². The summed E-state index contributed by atoms with van der Waals surface area (Å²) in [6, 6.07) is 8.60. The highest BCUT2D eigenvalue weighted by Crippen LogP contribution is 2.33. The van der Waals surface area contributed by atoms with Gasteiger partial charge in [-0.25, -0.2) is 0 Å². The van der Waals surface area contributed by atoms with Gasteiger partial charge in [0.1, 0.15) is 11.5 Å². The van der Waals surface area contributed by atoms with Gasteiger partial charge in [-0.3, -0.25) is 0 Å².